The number of nitrogens with one attached hydrogen (secondary N) is 1. The summed E-state index contributed by atoms with van der Waals surface area (Å²) >= 11 is 17.7. The first-order chi connectivity index (χ1) is 10.0. The van der Waals surface area contributed by atoms with Crippen molar-refractivity contribution in [1.29, 1.82) is 0 Å². The van der Waals surface area contributed by atoms with Crippen LogP contribution in [0.4, 0.5) is 0 Å². The van der Waals surface area contributed by atoms with E-state index in [4.69, 9.17) is 40.2 Å². The first-order valence-electron chi connectivity index (χ1n) is 6.65. The Labute approximate surface area is 139 Å². The monoisotopic (exact) mass is 342 g/mol. The summed E-state index contributed by atoms with van der Waals surface area (Å²) < 4.78 is 5.54. The molecule has 2 rings (SSSR count). The molecular formula is C15H16Cl2N2OS. The zero-order chi connectivity index (χ0) is 15.4. The lowest BCUT2D eigenvalue weighted by Crippen LogP contribution is -2.21. The highest BCUT2D eigenvalue weighted by molar-refractivity contribution is 7.80. The number of benzene rings is 1. The van der Waals surface area contributed by atoms with Crippen LogP contribution in [0.3, 0.4) is 0 Å². The highest BCUT2D eigenvalue weighted by Crippen LogP contribution is 2.37. The lowest BCUT2D eigenvalue weighted by Gasteiger charge is -2.24. The molecule has 0 fully saturated rings. The van der Waals surface area contributed by atoms with Gasteiger partial charge in [0.2, 0.25) is 0 Å². The van der Waals surface area contributed by atoms with Crippen LogP contribution in [0.5, 0.6) is 0 Å². The molecule has 1 heterocycles. The van der Waals surface area contributed by atoms with Crippen LogP contribution in [0, 0.1) is 0 Å². The zero-order valence-electron chi connectivity index (χ0n) is 11.8. The van der Waals surface area contributed by atoms with Crippen molar-refractivity contribution in [3.8, 4) is 0 Å². The van der Waals surface area contributed by atoms with Crippen LogP contribution in [0.1, 0.15) is 37.1 Å². The normalized spacial score (nSPS) is 13.7. The predicted octanol–water partition coefficient (Wildman–Crippen LogP) is 4.97. The quantitative estimate of drug-likeness (QED) is 0.779. The van der Waals surface area contributed by atoms with Gasteiger partial charge in [-0.25, -0.2) is 4.98 Å². The molecule has 6 heteroatoms. The van der Waals surface area contributed by atoms with Gasteiger partial charge in [-0.15, -0.1) is 0 Å². The molecule has 0 aliphatic carbocycles. The van der Waals surface area contributed by atoms with E-state index in [1.807, 2.05) is 26.0 Å². The van der Waals surface area contributed by atoms with E-state index in [9.17, 15) is 0 Å². The number of aromatic amines is 1. The van der Waals surface area contributed by atoms with E-state index in [1.165, 1.54) is 0 Å². The molecule has 0 saturated carbocycles. The minimum Gasteiger partial charge on any atom is -0.487 e. The standard InChI is InChI=1S/C15H16Cl2N2OS/c1-3-20-15(21)13(14-18-6-7-19-14)9(2)11-5-4-10(16)8-12(11)17/h4-9,13H,3H2,1-2H3,(H,18,19). The fourth-order valence-electron chi connectivity index (χ4n) is 2.28. The smallest absolute Gasteiger partial charge is 0.170 e. The van der Waals surface area contributed by atoms with Gasteiger partial charge >= 0.3 is 0 Å². The SMILES string of the molecule is CCOC(=S)C(c1ncc[nH]1)C(C)c1ccc(Cl)cc1Cl. The lowest BCUT2D eigenvalue weighted by molar-refractivity contribution is 0.315. The topological polar surface area (TPSA) is 37.9 Å². The van der Waals surface area contributed by atoms with Gasteiger partial charge in [0, 0.05) is 28.4 Å². The zero-order valence-corrected chi connectivity index (χ0v) is 14.1. The van der Waals surface area contributed by atoms with Crippen LogP contribution >= 0.6 is 35.4 Å². The first-order valence-corrected chi connectivity index (χ1v) is 7.81. The molecule has 0 aliphatic heterocycles. The van der Waals surface area contributed by atoms with E-state index in [2.05, 4.69) is 9.97 Å². The number of rotatable bonds is 5. The van der Waals surface area contributed by atoms with Crippen molar-refractivity contribution < 1.29 is 4.74 Å². The summed E-state index contributed by atoms with van der Waals surface area (Å²) in [6.45, 7) is 4.48. The summed E-state index contributed by atoms with van der Waals surface area (Å²) in [7, 11) is 0. The van der Waals surface area contributed by atoms with Gasteiger partial charge in [-0.3, -0.25) is 0 Å². The fourth-order valence-corrected chi connectivity index (χ4v) is 3.30. The summed E-state index contributed by atoms with van der Waals surface area (Å²) in [6.07, 6.45) is 3.47. The number of nitrogens with zero attached hydrogens (tertiary/aromatic N) is 1. The van der Waals surface area contributed by atoms with Crippen molar-refractivity contribution in [3.05, 3.63) is 52.0 Å². The Balaban J connectivity index is 2.38. The number of halogens is 2. The van der Waals surface area contributed by atoms with E-state index in [0.29, 0.717) is 21.7 Å². The van der Waals surface area contributed by atoms with Crippen molar-refractivity contribution >= 4 is 40.5 Å². The van der Waals surface area contributed by atoms with Gasteiger partial charge in [-0.2, -0.15) is 0 Å². The number of aromatic nitrogens is 2. The van der Waals surface area contributed by atoms with Crippen molar-refractivity contribution in [1.82, 2.24) is 9.97 Å². The summed E-state index contributed by atoms with van der Waals surface area (Å²) in [5.41, 5.74) is 0.963. The molecule has 0 radical (unpaired) electrons. The lowest BCUT2D eigenvalue weighted by atomic mass is 9.87. The second-order valence-corrected chi connectivity index (χ2v) is 5.90. The molecule has 1 N–H and O–H groups in total. The Morgan fingerprint density at radius 2 is 2.19 bits per heavy atom. The third kappa shape index (κ3) is 3.76. The minimum atomic E-state index is -0.173. The van der Waals surface area contributed by atoms with E-state index in [-0.39, 0.29) is 11.8 Å². The highest BCUT2D eigenvalue weighted by Gasteiger charge is 2.29. The molecule has 21 heavy (non-hydrogen) atoms. The average molecular weight is 343 g/mol. The third-order valence-electron chi connectivity index (χ3n) is 3.31. The van der Waals surface area contributed by atoms with E-state index < -0.39 is 0 Å². The van der Waals surface area contributed by atoms with Gasteiger partial charge in [-0.1, -0.05) is 36.2 Å². The molecule has 0 spiro atoms. The summed E-state index contributed by atoms with van der Waals surface area (Å²) in [4.78, 5) is 7.43. The highest BCUT2D eigenvalue weighted by atomic mass is 35.5. The minimum absolute atomic E-state index is 0.0139. The largest absolute Gasteiger partial charge is 0.487 e. The van der Waals surface area contributed by atoms with Crippen LogP contribution in [0.15, 0.2) is 30.6 Å². The summed E-state index contributed by atoms with van der Waals surface area (Å²) in [5, 5.41) is 1.73. The molecule has 0 amide bonds. The van der Waals surface area contributed by atoms with Gasteiger partial charge in [0.05, 0.1) is 12.5 Å². The predicted molar refractivity (Wildman–Crippen MR) is 90.4 cm³/mol. The molecular weight excluding hydrogens is 327 g/mol. The van der Waals surface area contributed by atoms with E-state index in [0.717, 1.165) is 11.4 Å². The molecule has 2 unspecified atom stereocenters. The van der Waals surface area contributed by atoms with Gasteiger partial charge in [0.25, 0.3) is 0 Å². The second-order valence-electron chi connectivity index (χ2n) is 4.66. The Morgan fingerprint density at radius 1 is 1.43 bits per heavy atom. The van der Waals surface area contributed by atoms with Crippen molar-refractivity contribution in [3.63, 3.8) is 0 Å². The molecule has 0 bridgehead atoms. The van der Waals surface area contributed by atoms with Crippen molar-refractivity contribution in [2.24, 2.45) is 0 Å². The van der Waals surface area contributed by atoms with Crippen molar-refractivity contribution in [2.75, 3.05) is 6.61 Å². The number of imidazole rings is 1. The van der Waals surface area contributed by atoms with Crippen LogP contribution in [0.25, 0.3) is 0 Å². The van der Waals surface area contributed by atoms with Gasteiger partial charge < -0.3 is 9.72 Å². The van der Waals surface area contributed by atoms with Gasteiger partial charge in [0.15, 0.2) is 5.05 Å². The molecule has 3 nitrogen and oxygen atoms in total. The number of thiocarbonyl (C=S) groups is 1. The second kappa shape index (κ2) is 7.25. The molecule has 1 aromatic carbocycles. The fraction of sp³-hybridized carbons (Fsp3) is 0.333. The first kappa shape index (κ1) is 16.3. The molecule has 2 aromatic rings. The third-order valence-corrected chi connectivity index (χ3v) is 4.24. The maximum absolute atomic E-state index is 6.31. The number of H-pyrrole nitrogens is 1. The molecule has 2 atom stereocenters. The van der Waals surface area contributed by atoms with Crippen molar-refractivity contribution in [2.45, 2.75) is 25.7 Å². The number of hydrogen-bond donors (Lipinski definition) is 1. The summed E-state index contributed by atoms with van der Waals surface area (Å²) in [5.74, 6) is 0.612. The van der Waals surface area contributed by atoms with Crippen LogP contribution in [0.2, 0.25) is 10.0 Å². The molecule has 0 aliphatic rings. The molecule has 0 saturated heterocycles. The molecule has 112 valence electrons. The van der Waals surface area contributed by atoms with Gasteiger partial charge in [0.1, 0.15) is 5.82 Å². The average Bonchev–Trinajstić information content (AvgIpc) is 2.92. The molecule has 1 aromatic heterocycles. The van der Waals surface area contributed by atoms with E-state index >= 15 is 0 Å². The Morgan fingerprint density at radius 3 is 2.76 bits per heavy atom. The van der Waals surface area contributed by atoms with Crippen LogP contribution < -0.4 is 0 Å². The number of hydrogen-bond acceptors (Lipinski definition) is 3. The maximum atomic E-state index is 6.31. The van der Waals surface area contributed by atoms with E-state index in [1.54, 1.807) is 18.5 Å². The Hall–Kier alpha value is -1.10. The van der Waals surface area contributed by atoms with Crippen LogP contribution in [-0.2, 0) is 4.74 Å². The number of ether oxygens (including phenoxy) is 1. The van der Waals surface area contributed by atoms with Gasteiger partial charge in [-0.05, 0) is 36.8 Å². The Kier molecular flexibility index (Phi) is 5.62. The Bertz CT molecular complexity index is 616. The summed E-state index contributed by atoms with van der Waals surface area (Å²) in [6, 6.07) is 5.47. The maximum Gasteiger partial charge on any atom is 0.170 e. The van der Waals surface area contributed by atoms with Crippen LogP contribution in [-0.4, -0.2) is 21.6 Å².